The fourth-order valence-electron chi connectivity index (χ4n) is 2.93. The van der Waals surface area contributed by atoms with Gasteiger partial charge in [0.15, 0.2) is 0 Å². The van der Waals surface area contributed by atoms with E-state index in [0.29, 0.717) is 26.3 Å². The van der Waals surface area contributed by atoms with Crippen molar-refractivity contribution >= 4 is 17.6 Å². The van der Waals surface area contributed by atoms with Crippen LogP contribution in [0.4, 0.5) is 23.2 Å². The first kappa shape index (κ1) is 22.7. The number of ether oxygens (including phenoxy) is 1. The fraction of sp³-hybridized carbons (Fsp3) is 0.333. The highest BCUT2D eigenvalue weighted by Crippen LogP contribution is 2.30. The number of hydrogen-bond acceptors (Lipinski definition) is 4. The summed E-state index contributed by atoms with van der Waals surface area (Å²) < 4.78 is 57.4. The molecule has 3 rings (SSSR count). The van der Waals surface area contributed by atoms with E-state index in [0.717, 1.165) is 37.4 Å². The molecule has 6 nitrogen and oxygen atoms in total. The third kappa shape index (κ3) is 7.04. The average molecular weight is 438 g/mol. The molecule has 0 aliphatic carbocycles. The highest BCUT2D eigenvalue weighted by molar-refractivity contribution is 6.09. The van der Waals surface area contributed by atoms with Crippen LogP contribution in [0.3, 0.4) is 0 Å². The average Bonchev–Trinajstić information content (AvgIpc) is 2.74. The van der Waals surface area contributed by atoms with Gasteiger partial charge in [0.1, 0.15) is 5.82 Å². The Kier molecular flexibility index (Phi) is 7.59. The van der Waals surface area contributed by atoms with Gasteiger partial charge in [-0.15, -0.1) is 0 Å². The summed E-state index contributed by atoms with van der Waals surface area (Å²) in [6.07, 6.45) is -4.50. The summed E-state index contributed by atoms with van der Waals surface area (Å²) in [4.78, 5) is 18.9. The topological polar surface area (TPSA) is 66.0 Å². The van der Waals surface area contributed by atoms with Gasteiger partial charge in [0.2, 0.25) is 5.96 Å². The van der Waals surface area contributed by atoms with Gasteiger partial charge in [-0.05, 0) is 42.5 Å². The molecule has 2 aromatic carbocycles. The van der Waals surface area contributed by atoms with Crippen molar-refractivity contribution in [3.63, 3.8) is 0 Å². The van der Waals surface area contributed by atoms with Crippen molar-refractivity contribution < 1.29 is 27.1 Å². The lowest BCUT2D eigenvalue weighted by Crippen LogP contribution is -2.39. The third-order valence-electron chi connectivity index (χ3n) is 4.58. The number of nitrogens with zero attached hydrogens (tertiary/aromatic N) is 2. The quantitative estimate of drug-likeness (QED) is 0.427. The maximum atomic E-state index is 13.1. The number of nitrogens with one attached hydrogen (secondary N) is 2. The molecule has 1 aliphatic rings. The van der Waals surface area contributed by atoms with Crippen LogP contribution in [-0.4, -0.2) is 56.2 Å². The van der Waals surface area contributed by atoms with Gasteiger partial charge < -0.3 is 10.1 Å². The van der Waals surface area contributed by atoms with E-state index in [9.17, 15) is 22.4 Å². The van der Waals surface area contributed by atoms with Gasteiger partial charge in [-0.2, -0.15) is 13.2 Å². The highest BCUT2D eigenvalue weighted by atomic mass is 19.4. The van der Waals surface area contributed by atoms with Crippen LogP contribution in [0.1, 0.15) is 15.9 Å². The van der Waals surface area contributed by atoms with Crippen LogP contribution in [0.25, 0.3) is 0 Å². The zero-order valence-electron chi connectivity index (χ0n) is 16.6. The lowest BCUT2D eigenvalue weighted by atomic mass is 10.2. The molecule has 10 heteroatoms. The summed E-state index contributed by atoms with van der Waals surface area (Å²) in [5, 5.41) is 5.29. The van der Waals surface area contributed by atoms with E-state index in [-0.39, 0.29) is 17.2 Å². The van der Waals surface area contributed by atoms with Crippen molar-refractivity contribution in [3.05, 3.63) is 65.5 Å². The summed E-state index contributed by atoms with van der Waals surface area (Å²) in [5.74, 6) is -1.05. The van der Waals surface area contributed by atoms with Crippen LogP contribution in [0, 0.1) is 5.82 Å². The maximum absolute atomic E-state index is 13.1. The smallest absolute Gasteiger partial charge is 0.379 e. The van der Waals surface area contributed by atoms with Crippen molar-refractivity contribution in [2.75, 3.05) is 44.7 Å². The maximum Gasteiger partial charge on any atom is 0.416 e. The second-order valence-electron chi connectivity index (χ2n) is 6.85. The number of aliphatic imine (C=N–C) groups is 1. The van der Waals surface area contributed by atoms with E-state index < -0.39 is 23.5 Å². The zero-order chi connectivity index (χ0) is 22.3. The second-order valence-corrected chi connectivity index (χ2v) is 6.85. The molecule has 0 saturated carbocycles. The highest BCUT2D eigenvalue weighted by Gasteiger charge is 2.30. The Labute approximate surface area is 176 Å². The number of halogens is 4. The molecular formula is C21H22F4N4O2. The van der Waals surface area contributed by atoms with Crippen LogP contribution in [0.15, 0.2) is 53.5 Å². The Morgan fingerprint density at radius 3 is 2.48 bits per heavy atom. The first-order chi connectivity index (χ1) is 14.8. The molecule has 0 unspecified atom stereocenters. The van der Waals surface area contributed by atoms with Crippen LogP contribution < -0.4 is 10.6 Å². The van der Waals surface area contributed by atoms with Crippen molar-refractivity contribution in [2.24, 2.45) is 4.99 Å². The number of anilines is 1. The van der Waals surface area contributed by atoms with Crippen LogP contribution in [0.5, 0.6) is 0 Å². The molecular weight excluding hydrogens is 416 g/mol. The van der Waals surface area contributed by atoms with Gasteiger partial charge >= 0.3 is 6.18 Å². The Morgan fingerprint density at radius 1 is 1.10 bits per heavy atom. The fourth-order valence-corrected chi connectivity index (χ4v) is 2.93. The van der Waals surface area contributed by atoms with Crippen molar-refractivity contribution in [1.82, 2.24) is 10.2 Å². The minimum Gasteiger partial charge on any atom is -0.379 e. The van der Waals surface area contributed by atoms with Gasteiger partial charge in [0, 0.05) is 30.9 Å². The van der Waals surface area contributed by atoms with Crippen molar-refractivity contribution in [1.29, 1.82) is 0 Å². The molecule has 1 aliphatic heterocycles. The van der Waals surface area contributed by atoms with E-state index in [2.05, 4.69) is 20.5 Å². The van der Waals surface area contributed by atoms with Crippen LogP contribution in [0.2, 0.25) is 0 Å². The standard InChI is InChI=1S/C21H22F4N4O2/c22-17-6-4-15(5-7-17)19(30)28-20(26-8-9-29-10-12-31-13-11-29)27-18-3-1-2-16(14-18)21(23,24)25/h1-7,14H,8-13H2,(H2,26,27,28,30). The number of rotatable bonds is 5. The molecule has 1 saturated heterocycles. The Hall–Kier alpha value is -2.98. The molecule has 0 bridgehead atoms. The molecule has 0 atom stereocenters. The van der Waals surface area contributed by atoms with Crippen LogP contribution >= 0.6 is 0 Å². The molecule has 2 N–H and O–H groups in total. The number of benzene rings is 2. The Bertz CT molecular complexity index is 910. The summed E-state index contributed by atoms with van der Waals surface area (Å²) in [6, 6.07) is 9.49. The van der Waals surface area contributed by atoms with Gasteiger partial charge in [0.05, 0.1) is 25.3 Å². The molecule has 0 radical (unpaired) electrons. The molecule has 1 fully saturated rings. The molecule has 0 spiro atoms. The Balaban J connectivity index is 1.73. The SMILES string of the molecule is O=C(NC(=NCCN1CCOCC1)Nc1cccc(C(F)(F)F)c1)c1ccc(F)cc1. The normalized spacial score (nSPS) is 15.5. The number of guanidine groups is 1. The molecule has 0 aromatic heterocycles. The van der Waals surface area contributed by atoms with E-state index in [1.165, 1.54) is 24.3 Å². The predicted molar refractivity (Wildman–Crippen MR) is 108 cm³/mol. The summed E-state index contributed by atoms with van der Waals surface area (Å²) >= 11 is 0. The minimum absolute atomic E-state index is 0.00177. The number of morpholine rings is 1. The van der Waals surface area contributed by atoms with Gasteiger partial charge in [-0.1, -0.05) is 6.07 Å². The third-order valence-corrected chi connectivity index (χ3v) is 4.58. The molecule has 31 heavy (non-hydrogen) atoms. The van der Waals surface area contributed by atoms with Crippen molar-refractivity contribution in [2.45, 2.75) is 6.18 Å². The monoisotopic (exact) mass is 438 g/mol. The van der Waals surface area contributed by atoms with Gasteiger partial charge in [-0.25, -0.2) is 4.39 Å². The number of carbonyl (C=O) groups is 1. The number of amides is 1. The zero-order valence-corrected chi connectivity index (χ0v) is 16.6. The molecule has 1 amide bonds. The van der Waals surface area contributed by atoms with Crippen molar-refractivity contribution in [3.8, 4) is 0 Å². The largest absolute Gasteiger partial charge is 0.416 e. The van der Waals surface area contributed by atoms with E-state index >= 15 is 0 Å². The van der Waals surface area contributed by atoms with E-state index in [4.69, 9.17) is 4.74 Å². The predicted octanol–water partition coefficient (Wildman–Crippen LogP) is 3.37. The van der Waals surface area contributed by atoms with Gasteiger partial charge in [-0.3, -0.25) is 20.0 Å². The minimum atomic E-state index is -4.50. The summed E-state index contributed by atoms with van der Waals surface area (Å²) in [7, 11) is 0. The second kappa shape index (κ2) is 10.4. The first-order valence-corrected chi connectivity index (χ1v) is 9.67. The van der Waals surface area contributed by atoms with E-state index in [1.54, 1.807) is 0 Å². The lowest BCUT2D eigenvalue weighted by Gasteiger charge is -2.25. The number of alkyl halides is 3. The number of hydrogen-bond donors (Lipinski definition) is 2. The lowest BCUT2D eigenvalue weighted by molar-refractivity contribution is -0.137. The summed E-state index contributed by atoms with van der Waals surface area (Å²) in [5.41, 5.74) is -0.512. The molecule has 1 heterocycles. The Morgan fingerprint density at radius 2 is 1.81 bits per heavy atom. The van der Waals surface area contributed by atoms with E-state index in [1.807, 2.05) is 0 Å². The number of carbonyl (C=O) groups excluding carboxylic acids is 1. The summed E-state index contributed by atoms with van der Waals surface area (Å²) in [6.45, 7) is 3.68. The van der Waals surface area contributed by atoms with Gasteiger partial charge in [0.25, 0.3) is 5.91 Å². The molecule has 2 aromatic rings. The van der Waals surface area contributed by atoms with Crippen LogP contribution in [-0.2, 0) is 10.9 Å². The first-order valence-electron chi connectivity index (χ1n) is 9.67. The molecule has 166 valence electrons.